The molecule has 1 fully saturated rings. The lowest BCUT2D eigenvalue weighted by Gasteiger charge is -2.14. The average Bonchev–Trinajstić information content (AvgIpc) is 3.54. The highest BCUT2D eigenvalue weighted by molar-refractivity contribution is 6.30. The Kier molecular flexibility index (Phi) is 5.99. The van der Waals surface area contributed by atoms with Crippen molar-refractivity contribution in [3.63, 3.8) is 0 Å². The Morgan fingerprint density at radius 1 is 1.23 bits per heavy atom. The van der Waals surface area contributed by atoms with E-state index >= 15 is 0 Å². The van der Waals surface area contributed by atoms with E-state index in [-0.39, 0.29) is 0 Å². The molecule has 0 saturated carbocycles. The highest BCUT2D eigenvalue weighted by Crippen LogP contribution is 2.27. The minimum atomic E-state index is -0.404. The van der Waals surface area contributed by atoms with Gasteiger partial charge in [-0.1, -0.05) is 11.6 Å². The van der Waals surface area contributed by atoms with Gasteiger partial charge in [0.15, 0.2) is 5.82 Å². The van der Waals surface area contributed by atoms with E-state index in [2.05, 4.69) is 25.3 Å². The van der Waals surface area contributed by atoms with Crippen LogP contribution < -0.4 is 10.2 Å². The van der Waals surface area contributed by atoms with Gasteiger partial charge >= 0.3 is 6.09 Å². The van der Waals surface area contributed by atoms with Crippen LogP contribution in [0.25, 0.3) is 16.7 Å². The Bertz CT molecular complexity index is 1190. The van der Waals surface area contributed by atoms with E-state index in [0.717, 1.165) is 16.8 Å². The van der Waals surface area contributed by atoms with Crippen LogP contribution in [0.2, 0.25) is 5.02 Å². The molecule has 0 radical (unpaired) electrons. The summed E-state index contributed by atoms with van der Waals surface area (Å²) < 4.78 is 16.5. The van der Waals surface area contributed by atoms with E-state index in [1.165, 1.54) is 4.90 Å². The molecule has 2 N–H and O–H groups in total. The molecule has 11 heteroatoms. The van der Waals surface area contributed by atoms with Crippen LogP contribution in [0, 0.1) is 0 Å². The number of cyclic esters (lactones) is 1. The second-order valence-electron chi connectivity index (χ2n) is 6.48. The second kappa shape index (κ2) is 9.00. The summed E-state index contributed by atoms with van der Waals surface area (Å²) >= 11 is 5.94. The van der Waals surface area contributed by atoms with E-state index in [4.69, 9.17) is 16.3 Å². The summed E-state index contributed by atoms with van der Waals surface area (Å²) in [5.41, 5.74) is 2.42. The molecule has 1 aliphatic heterocycles. The SMILES string of the molecule is CF.O=C1OCCN1c1nc(NCc2cn(-c3ccc(Cl)cc3)cn2)nc2[nH]ccc12. The van der Waals surface area contributed by atoms with Gasteiger partial charge in [-0.25, -0.2) is 9.78 Å². The number of fused-ring (bicyclic) bond motifs is 1. The highest BCUT2D eigenvalue weighted by atomic mass is 35.5. The number of alkyl halides is 1. The molecule has 1 amide bonds. The van der Waals surface area contributed by atoms with Gasteiger partial charge in [0.2, 0.25) is 5.95 Å². The minimum Gasteiger partial charge on any atom is -0.447 e. The van der Waals surface area contributed by atoms with Gasteiger partial charge in [-0.05, 0) is 30.3 Å². The molecule has 0 aliphatic carbocycles. The fraction of sp³-hybridized carbons (Fsp3) is 0.200. The Labute approximate surface area is 181 Å². The third kappa shape index (κ3) is 4.29. The number of imidazole rings is 1. The zero-order valence-electron chi connectivity index (χ0n) is 16.5. The maximum absolute atomic E-state index is 12.0. The van der Waals surface area contributed by atoms with Gasteiger partial charge < -0.3 is 19.6 Å². The molecule has 0 atom stereocenters. The Morgan fingerprint density at radius 2 is 2.03 bits per heavy atom. The summed E-state index contributed by atoms with van der Waals surface area (Å²) in [5.74, 6) is 0.920. The van der Waals surface area contributed by atoms with Crippen molar-refractivity contribution in [2.75, 3.05) is 30.5 Å². The van der Waals surface area contributed by atoms with Crippen LogP contribution in [-0.4, -0.2) is 50.9 Å². The number of carbonyl (C=O) groups excluding carboxylic acids is 1. The third-order valence-electron chi connectivity index (χ3n) is 4.60. The summed E-state index contributed by atoms with van der Waals surface area (Å²) in [5, 5.41) is 4.63. The van der Waals surface area contributed by atoms with Crippen LogP contribution in [0.4, 0.5) is 21.0 Å². The number of anilines is 2. The third-order valence-corrected chi connectivity index (χ3v) is 4.85. The van der Waals surface area contributed by atoms with Crippen molar-refractivity contribution in [3.05, 3.63) is 59.8 Å². The number of ether oxygens (including phenoxy) is 1. The van der Waals surface area contributed by atoms with Crippen molar-refractivity contribution < 1.29 is 13.9 Å². The number of H-pyrrole nitrogens is 1. The summed E-state index contributed by atoms with van der Waals surface area (Å²) in [6, 6.07) is 9.35. The molecule has 1 saturated heterocycles. The summed E-state index contributed by atoms with van der Waals surface area (Å²) in [6.07, 6.45) is 5.02. The molecule has 1 aliphatic rings. The smallest absolute Gasteiger partial charge is 0.415 e. The molecule has 1 aromatic carbocycles. The predicted octanol–water partition coefficient (Wildman–Crippen LogP) is 3.95. The molecule has 0 spiro atoms. The first-order valence-electron chi connectivity index (χ1n) is 9.37. The van der Waals surface area contributed by atoms with Crippen LogP contribution >= 0.6 is 11.6 Å². The first kappa shape index (κ1) is 20.6. The van der Waals surface area contributed by atoms with Gasteiger partial charge in [0.05, 0.1) is 37.7 Å². The summed E-state index contributed by atoms with van der Waals surface area (Å²) in [6.45, 7) is 1.23. The van der Waals surface area contributed by atoms with Gasteiger partial charge in [-0.15, -0.1) is 0 Å². The molecule has 31 heavy (non-hydrogen) atoms. The second-order valence-corrected chi connectivity index (χ2v) is 6.92. The van der Waals surface area contributed by atoms with Crippen molar-refractivity contribution >= 4 is 40.5 Å². The molecule has 4 heterocycles. The van der Waals surface area contributed by atoms with Crippen LogP contribution in [-0.2, 0) is 11.3 Å². The highest BCUT2D eigenvalue weighted by Gasteiger charge is 2.27. The molecule has 4 aromatic rings. The number of amides is 1. The molecule has 5 rings (SSSR count). The first-order chi connectivity index (χ1) is 15.2. The largest absolute Gasteiger partial charge is 0.447 e. The summed E-state index contributed by atoms with van der Waals surface area (Å²) in [4.78, 5) is 30.0. The standard InChI is InChI=1S/C19H16ClN7O2.CH3F/c20-12-1-3-14(4-2-12)26-10-13(23-11-26)9-22-18-24-16-15(5-6-21-16)17(25-18)27-7-8-29-19(27)28;1-2/h1-6,10-11H,7-9H2,(H2,21,22,24,25);1H3. The Morgan fingerprint density at radius 3 is 2.77 bits per heavy atom. The van der Waals surface area contributed by atoms with Crippen LogP contribution in [0.15, 0.2) is 49.1 Å². The van der Waals surface area contributed by atoms with Crippen molar-refractivity contribution in [2.45, 2.75) is 6.54 Å². The lowest BCUT2D eigenvalue weighted by Crippen LogP contribution is -2.25. The number of nitrogens with zero attached hydrogens (tertiary/aromatic N) is 5. The number of nitrogens with one attached hydrogen (secondary N) is 2. The van der Waals surface area contributed by atoms with Crippen LogP contribution in [0.5, 0.6) is 0 Å². The number of benzene rings is 1. The van der Waals surface area contributed by atoms with E-state index in [1.807, 2.05) is 41.1 Å². The quantitative estimate of drug-likeness (QED) is 0.484. The fourth-order valence-corrected chi connectivity index (χ4v) is 3.30. The lowest BCUT2D eigenvalue weighted by molar-refractivity contribution is 0.181. The number of hydrogen-bond donors (Lipinski definition) is 2. The number of hydrogen-bond acceptors (Lipinski definition) is 6. The van der Waals surface area contributed by atoms with Crippen molar-refractivity contribution in [2.24, 2.45) is 0 Å². The predicted molar refractivity (Wildman–Crippen MR) is 116 cm³/mol. The molecule has 160 valence electrons. The van der Waals surface area contributed by atoms with E-state index in [0.29, 0.717) is 49.3 Å². The lowest BCUT2D eigenvalue weighted by atomic mass is 10.3. The molecule has 0 unspecified atom stereocenters. The number of rotatable bonds is 5. The van der Waals surface area contributed by atoms with E-state index < -0.39 is 6.09 Å². The number of halogens is 2. The molecule has 0 bridgehead atoms. The van der Waals surface area contributed by atoms with Gasteiger partial charge in [0.25, 0.3) is 0 Å². The van der Waals surface area contributed by atoms with Gasteiger partial charge in [0, 0.05) is 23.1 Å². The average molecular weight is 444 g/mol. The molecular formula is C20H19ClFN7O2. The van der Waals surface area contributed by atoms with Gasteiger partial charge in [-0.2, -0.15) is 9.97 Å². The van der Waals surface area contributed by atoms with Crippen molar-refractivity contribution in [3.8, 4) is 5.69 Å². The number of aromatic amines is 1. The monoisotopic (exact) mass is 443 g/mol. The zero-order chi connectivity index (χ0) is 21.8. The summed E-state index contributed by atoms with van der Waals surface area (Å²) in [7, 11) is 0.500. The molecule has 3 aromatic heterocycles. The van der Waals surface area contributed by atoms with E-state index in [1.54, 1.807) is 12.5 Å². The normalized spacial score (nSPS) is 13.1. The zero-order valence-corrected chi connectivity index (χ0v) is 17.3. The first-order valence-corrected chi connectivity index (χ1v) is 9.75. The van der Waals surface area contributed by atoms with Gasteiger partial charge in [0.1, 0.15) is 12.3 Å². The van der Waals surface area contributed by atoms with Crippen LogP contribution in [0.1, 0.15) is 5.69 Å². The van der Waals surface area contributed by atoms with Crippen molar-refractivity contribution in [1.82, 2.24) is 24.5 Å². The van der Waals surface area contributed by atoms with E-state index in [9.17, 15) is 9.18 Å². The maximum Gasteiger partial charge on any atom is 0.415 e. The maximum atomic E-state index is 12.0. The van der Waals surface area contributed by atoms with Crippen LogP contribution in [0.3, 0.4) is 0 Å². The van der Waals surface area contributed by atoms with Crippen molar-refractivity contribution in [1.29, 1.82) is 0 Å². The molecular weight excluding hydrogens is 425 g/mol. The topological polar surface area (TPSA) is 101 Å². The molecule has 9 nitrogen and oxygen atoms in total. The number of aromatic nitrogens is 5. The Balaban J connectivity index is 0.00000112. The van der Waals surface area contributed by atoms with Gasteiger partial charge in [-0.3, -0.25) is 9.29 Å². The fourth-order valence-electron chi connectivity index (χ4n) is 3.17. The number of carbonyl (C=O) groups is 1. The Hall–Kier alpha value is -3.66. The minimum absolute atomic E-state index is 0.347.